The minimum Gasteiger partial charge on any atom is -0.367 e. The Kier molecular flexibility index (Phi) is 4.40. The SMILES string of the molecule is CC(C)(C)C(=O)ON1CCN(S(=O)(=O)Cl)CC1. The molecule has 0 aliphatic carbocycles. The first-order chi connectivity index (χ1) is 7.60. The zero-order chi connectivity index (χ0) is 13.3. The molecule has 0 bridgehead atoms. The number of carbonyl (C=O) groups is 1. The first kappa shape index (κ1) is 14.7. The van der Waals surface area contributed by atoms with E-state index in [0.717, 1.165) is 4.31 Å². The number of rotatable bonds is 2. The van der Waals surface area contributed by atoms with E-state index in [0.29, 0.717) is 13.1 Å². The molecule has 1 fully saturated rings. The van der Waals surface area contributed by atoms with Crippen molar-refractivity contribution in [1.82, 2.24) is 9.37 Å². The summed E-state index contributed by atoms with van der Waals surface area (Å²) < 4.78 is 23.2. The molecule has 0 radical (unpaired) electrons. The number of hydrogen-bond donors (Lipinski definition) is 0. The van der Waals surface area contributed by atoms with Crippen LogP contribution in [0.2, 0.25) is 0 Å². The summed E-state index contributed by atoms with van der Waals surface area (Å²) in [5, 5.41) is 1.46. The van der Waals surface area contributed by atoms with Gasteiger partial charge < -0.3 is 4.84 Å². The summed E-state index contributed by atoms with van der Waals surface area (Å²) in [4.78, 5) is 16.7. The maximum atomic E-state index is 11.6. The van der Waals surface area contributed by atoms with Crippen LogP contribution in [-0.4, -0.2) is 49.9 Å². The van der Waals surface area contributed by atoms with Crippen molar-refractivity contribution in [1.29, 1.82) is 0 Å². The van der Waals surface area contributed by atoms with E-state index in [-0.39, 0.29) is 19.1 Å². The second-order valence-corrected chi connectivity index (χ2v) is 7.41. The van der Waals surface area contributed by atoms with E-state index >= 15 is 0 Å². The fourth-order valence-corrected chi connectivity index (χ4v) is 2.25. The highest BCUT2D eigenvalue weighted by atomic mass is 35.7. The average Bonchev–Trinajstić information content (AvgIpc) is 2.15. The fraction of sp³-hybridized carbons (Fsp3) is 0.889. The standard InChI is InChI=1S/C9H17ClN2O4S/c1-9(2,3)8(13)16-11-4-6-12(7-5-11)17(10,14)15/h4-7H2,1-3H3. The number of hydroxylamine groups is 2. The van der Waals surface area contributed by atoms with Crippen LogP contribution < -0.4 is 0 Å². The quantitative estimate of drug-likeness (QED) is 0.695. The molecule has 1 heterocycles. The maximum Gasteiger partial charge on any atom is 0.330 e. The van der Waals surface area contributed by atoms with E-state index in [9.17, 15) is 13.2 Å². The summed E-state index contributed by atoms with van der Waals surface area (Å²) in [7, 11) is 1.54. The van der Waals surface area contributed by atoms with Crippen molar-refractivity contribution in [3.05, 3.63) is 0 Å². The molecular weight excluding hydrogens is 268 g/mol. The first-order valence-electron chi connectivity index (χ1n) is 5.28. The van der Waals surface area contributed by atoms with Crippen molar-refractivity contribution in [3.8, 4) is 0 Å². The average molecular weight is 285 g/mol. The molecule has 100 valence electrons. The van der Waals surface area contributed by atoms with E-state index in [2.05, 4.69) is 0 Å². The number of nitrogens with zero attached hydrogens (tertiary/aromatic N) is 2. The largest absolute Gasteiger partial charge is 0.367 e. The molecule has 0 atom stereocenters. The van der Waals surface area contributed by atoms with Gasteiger partial charge in [-0.3, -0.25) is 0 Å². The normalized spacial score (nSPS) is 20.2. The Balaban J connectivity index is 2.46. The lowest BCUT2D eigenvalue weighted by atomic mass is 9.98. The van der Waals surface area contributed by atoms with Gasteiger partial charge in [-0.25, -0.2) is 4.79 Å². The summed E-state index contributed by atoms with van der Waals surface area (Å²) in [5.74, 6) is -0.334. The lowest BCUT2D eigenvalue weighted by Gasteiger charge is -2.32. The van der Waals surface area contributed by atoms with Crippen molar-refractivity contribution < 1.29 is 18.0 Å². The second-order valence-electron chi connectivity index (χ2n) is 4.90. The molecule has 1 aliphatic rings. The minimum absolute atomic E-state index is 0.225. The molecule has 0 aromatic rings. The van der Waals surface area contributed by atoms with Crippen molar-refractivity contribution in [2.75, 3.05) is 26.2 Å². The van der Waals surface area contributed by atoms with Crippen LogP contribution in [0.4, 0.5) is 0 Å². The minimum atomic E-state index is -3.67. The molecule has 0 amide bonds. The van der Waals surface area contributed by atoms with E-state index in [1.165, 1.54) is 5.06 Å². The molecule has 1 aliphatic heterocycles. The summed E-state index contributed by atoms with van der Waals surface area (Å²) in [6, 6.07) is 0. The van der Waals surface area contributed by atoms with Crippen LogP contribution in [0.3, 0.4) is 0 Å². The van der Waals surface area contributed by atoms with Crippen LogP contribution in [0.25, 0.3) is 0 Å². The molecule has 6 nitrogen and oxygen atoms in total. The van der Waals surface area contributed by atoms with Crippen LogP contribution in [0.15, 0.2) is 0 Å². The van der Waals surface area contributed by atoms with Crippen molar-refractivity contribution in [2.24, 2.45) is 5.41 Å². The third-order valence-electron chi connectivity index (χ3n) is 2.33. The zero-order valence-electron chi connectivity index (χ0n) is 10.1. The van der Waals surface area contributed by atoms with E-state index in [1.54, 1.807) is 20.8 Å². The van der Waals surface area contributed by atoms with E-state index in [4.69, 9.17) is 15.5 Å². The molecule has 1 rings (SSSR count). The van der Waals surface area contributed by atoms with E-state index in [1.807, 2.05) is 0 Å². The molecule has 17 heavy (non-hydrogen) atoms. The Morgan fingerprint density at radius 1 is 1.18 bits per heavy atom. The zero-order valence-corrected chi connectivity index (χ0v) is 11.7. The van der Waals surface area contributed by atoms with Crippen LogP contribution in [-0.2, 0) is 18.9 Å². The molecule has 0 aromatic carbocycles. The Morgan fingerprint density at radius 2 is 1.65 bits per heavy atom. The number of carbonyl (C=O) groups excluding carboxylic acids is 1. The number of hydrogen-bond acceptors (Lipinski definition) is 5. The Bertz CT molecular complexity index is 382. The highest BCUT2D eigenvalue weighted by molar-refractivity contribution is 8.11. The number of halogens is 1. The van der Waals surface area contributed by atoms with Crippen LogP contribution in [0.5, 0.6) is 0 Å². The van der Waals surface area contributed by atoms with Gasteiger partial charge in [0, 0.05) is 36.9 Å². The number of piperazine rings is 1. The predicted octanol–water partition coefficient (Wildman–Crippen LogP) is 0.592. The Labute approximate surface area is 106 Å². The molecule has 0 N–H and O–H groups in total. The van der Waals surface area contributed by atoms with Crippen LogP contribution >= 0.6 is 10.7 Å². The molecule has 1 saturated heterocycles. The van der Waals surface area contributed by atoms with Crippen molar-refractivity contribution in [3.63, 3.8) is 0 Å². The highest BCUT2D eigenvalue weighted by Crippen LogP contribution is 2.17. The molecule has 0 unspecified atom stereocenters. The summed E-state index contributed by atoms with van der Waals surface area (Å²) >= 11 is 0. The van der Waals surface area contributed by atoms with Gasteiger partial charge in [0.25, 0.3) is 9.24 Å². The van der Waals surface area contributed by atoms with Gasteiger partial charge in [-0.15, -0.1) is 5.06 Å². The van der Waals surface area contributed by atoms with Gasteiger partial charge >= 0.3 is 5.97 Å². The topological polar surface area (TPSA) is 66.9 Å². The molecular formula is C9H17ClN2O4S. The van der Waals surface area contributed by atoms with Gasteiger partial charge in [0.1, 0.15) is 0 Å². The Hall–Kier alpha value is -0.370. The van der Waals surface area contributed by atoms with Crippen molar-refractivity contribution in [2.45, 2.75) is 20.8 Å². The van der Waals surface area contributed by atoms with E-state index < -0.39 is 14.7 Å². The van der Waals surface area contributed by atoms with Crippen molar-refractivity contribution >= 4 is 25.9 Å². The summed E-state index contributed by atoms with van der Waals surface area (Å²) in [5.41, 5.74) is -0.574. The third kappa shape index (κ3) is 4.42. The Morgan fingerprint density at radius 3 is 2.00 bits per heavy atom. The molecule has 0 aromatic heterocycles. The van der Waals surface area contributed by atoms with Gasteiger partial charge in [-0.1, -0.05) is 0 Å². The molecule has 8 heteroatoms. The van der Waals surface area contributed by atoms with Crippen LogP contribution in [0, 0.1) is 5.41 Å². The van der Waals surface area contributed by atoms with Gasteiger partial charge in [0.05, 0.1) is 5.41 Å². The smallest absolute Gasteiger partial charge is 0.330 e. The maximum absolute atomic E-state index is 11.6. The monoisotopic (exact) mass is 284 g/mol. The predicted molar refractivity (Wildman–Crippen MR) is 63.5 cm³/mol. The fourth-order valence-electron chi connectivity index (χ4n) is 1.23. The summed E-state index contributed by atoms with van der Waals surface area (Å²) in [6.07, 6.45) is 0. The lowest BCUT2D eigenvalue weighted by molar-refractivity contribution is -0.204. The lowest BCUT2D eigenvalue weighted by Crippen LogP contribution is -2.48. The first-order valence-corrected chi connectivity index (χ1v) is 7.54. The van der Waals surface area contributed by atoms with Crippen LogP contribution in [0.1, 0.15) is 20.8 Å². The highest BCUT2D eigenvalue weighted by Gasteiger charge is 2.30. The second kappa shape index (κ2) is 5.09. The summed E-state index contributed by atoms with van der Waals surface area (Å²) in [6.45, 7) is 6.38. The van der Waals surface area contributed by atoms with Gasteiger partial charge in [0.2, 0.25) is 0 Å². The van der Waals surface area contributed by atoms with Gasteiger partial charge in [-0.05, 0) is 20.8 Å². The van der Waals surface area contributed by atoms with Gasteiger partial charge in [0.15, 0.2) is 0 Å². The molecule has 0 saturated carbocycles. The third-order valence-corrected chi connectivity index (χ3v) is 3.90. The van der Waals surface area contributed by atoms with Gasteiger partial charge in [-0.2, -0.15) is 12.7 Å². The molecule has 0 spiro atoms.